The van der Waals surface area contributed by atoms with Crippen LogP contribution in [0, 0.1) is 19.3 Å². The number of nitrogens with zero attached hydrogens (tertiary/aromatic N) is 2. The summed E-state index contributed by atoms with van der Waals surface area (Å²) >= 11 is 1.37. The van der Waals surface area contributed by atoms with Crippen LogP contribution in [0.25, 0.3) is 0 Å². The molecule has 0 radical (unpaired) electrons. The highest BCUT2D eigenvalue weighted by Gasteiger charge is 2.13. The molecule has 1 rings (SSSR count). The number of hydrogen-bond donors (Lipinski definition) is 1. The summed E-state index contributed by atoms with van der Waals surface area (Å²) in [5.74, 6) is 2.70. The Balaban J connectivity index is 2.68. The van der Waals surface area contributed by atoms with Crippen molar-refractivity contribution in [3.63, 3.8) is 0 Å². The van der Waals surface area contributed by atoms with Gasteiger partial charge in [0.1, 0.15) is 6.04 Å². The van der Waals surface area contributed by atoms with Gasteiger partial charge in [-0.25, -0.2) is 0 Å². The van der Waals surface area contributed by atoms with Gasteiger partial charge in [-0.05, 0) is 31.4 Å². The molecule has 1 N–H and O–H groups in total. The van der Waals surface area contributed by atoms with E-state index in [2.05, 4.69) is 27.7 Å². The molecule has 0 saturated carbocycles. The second kappa shape index (κ2) is 4.95. The van der Waals surface area contributed by atoms with Crippen LogP contribution in [-0.4, -0.2) is 16.1 Å². The van der Waals surface area contributed by atoms with Gasteiger partial charge in [-0.15, -0.1) is 11.5 Å². The van der Waals surface area contributed by atoms with Gasteiger partial charge in [-0.2, -0.15) is 0 Å². The van der Waals surface area contributed by atoms with E-state index >= 15 is 0 Å². The van der Waals surface area contributed by atoms with E-state index in [-0.39, 0.29) is 6.04 Å². The number of terminal acetylenes is 1. The summed E-state index contributed by atoms with van der Waals surface area (Å²) in [5.41, 5.74) is 0.927. The fraction of sp³-hybridized carbons (Fsp3) is 0.556. The molecule has 0 fully saturated rings. The molecule has 3 nitrogen and oxygen atoms in total. The van der Waals surface area contributed by atoms with Crippen molar-refractivity contribution in [1.29, 1.82) is 0 Å². The molecule has 0 aliphatic rings. The van der Waals surface area contributed by atoms with Gasteiger partial charge < -0.3 is 0 Å². The summed E-state index contributed by atoms with van der Waals surface area (Å²) in [4.78, 5) is 1.05. The lowest BCUT2D eigenvalue weighted by atomic mass is 10.2. The average molecular weight is 195 g/mol. The maximum Gasteiger partial charge on any atom is 0.107 e. The van der Waals surface area contributed by atoms with Crippen molar-refractivity contribution in [2.45, 2.75) is 26.3 Å². The van der Waals surface area contributed by atoms with Crippen molar-refractivity contribution in [1.82, 2.24) is 14.9 Å². The highest BCUT2D eigenvalue weighted by Crippen LogP contribution is 2.18. The van der Waals surface area contributed by atoms with E-state index in [0.29, 0.717) is 0 Å². The molecule has 0 amide bonds. The molecule has 1 aromatic rings. The molecule has 0 aliphatic carbocycles. The van der Waals surface area contributed by atoms with Gasteiger partial charge in [0.2, 0.25) is 0 Å². The highest BCUT2D eigenvalue weighted by atomic mass is 32.1. The van der Waals surface area contributed by atoms with E-state index in [1.165, 1.54) is 11.5 Å². The minimum absolute atomic E-state index is 0.0278. The van der Waals surface area contributed by atoms with Crippen LogP contribution >= 0.6 is 11.5 Å². The number of nitrogens with one attached hydrogen (secondary N) is 1. The second-order valence-corrected chi connectivity index (χ2v) is 3.56. The third-order valence-corrected chi connectivity index (χ3v) is 2.61. The monoisotopic (exact) mass is 195 g/mol. The van der Waals surface area contributed by atoms with Gasteiger partial charge in [0.05, 0.1) is 10.6 Å². The average Bonchev–Trinajstić information content (AvgIpc) is 2.54. The third-order valence-electron chi connectivity index (χ3n) is 1.71. The van der Waals surface area contributed by atoms with E-state index < -0.39 is 0 Å². The first-order chi connectivity index (χ1) is 6.29. The molecular formula is C9H13N3S. The molecule has 13 heavy (non-hydrogen) atoms. The van der Waals surface area contributed by atoms with Crippen LogP contribution in [0.15, 0.2) is 0 Å². The summed E-state index contributed by atoms with van der Waals surface area (Å²) in [7, 11) is 0. The van der Waals surface area contributed by atoms with Crippen LogP contribution in [0.2, 0.25) is 0 Å². The Hall–Kier alpha value is -0.920. The minimum Gasteiger partial charge on any atom is -0.299 e. The lowest BCUT2D eigenvalue weighted by molar-refractivity contribution is 0.630. The van der Waals surface area contributed by atoms with Gasteiger partial charge in [-0.3, -0.25) is 5.32 Å². The Morgan fingerprint density at radius 3 is 2.92 bits per heavy atom. The summed E-state index contributed by atoms with van der Waals surface area (Å²) in [6, 6.07) is -0.0278. The van der Waals surface area contributed by atoms with Crippen molar-refractivity contribution in [2.75, 3.05) is 6.54 Å². The molecule has 1 unspecified atom stereocenters. The van der Waals surface area contributed by atoms with Crippen molar-refractivity contribution >= 4 is 11.5 Å². The normalized spacial score (nSPS) is 12.4. The summed E-state index contributed by atoms with van der Waals surface area (Å²) in [6.45, 7) is 4.96. The SMILES string of the molecule is C#CC(NCCC)c1snnc1C. The zero-order chi connectivity index (χ0) is 9.68. The van der Waals surface area contributed by atoms with Crippen molar-refractivity contribution in [2.24, 2.45) is 0 Å². The lowest BCUT2D eigenvalue weighted by Gasteiger charge is -2.09. The molecule has 0 bridgehead atoms. The van der Waals surface area contributed by atoms with E-state index in [0.717, 1.165) is 23.5 Å². The van der Waals surface area contributed by atoms with Crippen LogP contribution in [-0.2, 0) is 0 Å². The largest absolute Gasteiger partial charge is 0.299 e. The van der Waals surface area contributed by atoms with Crippen LogP contribution in [0.5, 0.6) is 0 Å². The summed E-state index contributed by atoms with van der Waals surface area (Å²) < 4.78 is 3.85. The Bertz CT molecular complexity index is 300. The number of hydrogen-bond acceptors (Lipinski definition) is 4. The van der Waals surface area contributed by atoms with Gasteiger partial charge in [0, 0.05) is 0 Å². The molecule has 4 heteroatoms. The van der Waals surface area contributed by atoms with Crippen LogP contribution in [0.1, 0.15) is 30.0 Å². The predicted octanol–water partition coefficient (Wildman–Crippen LogP) is 1.52. The Morgan fingerprint density at radius 2 is 2.46 bits per heavy atom. The molecule has 0 aromatic carbocycles. The van der Waals surface area contributed by atoms with Crippen LogP contribution < -0.4 is 5.32 Å². The number of rotatable bonds is 4. The molecule has 1 heterocycles. The van der Waals surface area contributed by atoms with Crippen molar-refractivity contribution in [3.8, 4) is 12.3 Å². The van der Waals surface area contributed by atoms with Gasteiger partial charge >= 0.3 is 0 Å². The molecule has 0 spiro atoms. The lowest BCUT2D eigenvalue weighted by Crippen LogP contribution is -2.20. The molecule has 0 aliphatic heterocycles. The number of aryl methyl sites for hydroxylation is 1. The van der Waals surface area contributed by atoms with Crippen LogP contribution in [0.3, 0.4) is 0 Å². The third kappa shape index (κ3) is 2.51. The molecule has 1 atom stereocenters. The fourth-order valence-corrected chi connectivity index (χ4v) is 1.70. The molecule has 0 saturated heterocycles. The minimum atomic E-state index is -0.0278. The fourth-order valence-electron chi connectivity index (χ4n) is 1.02. The number of aromatic nitrogens is 2. The first kappa shape index (κ1) is 10.2. The second-order valence-electron chi connectivity index (χ2n) is 2.78. The predicted molar refractivity (Wildman–Crippen MR) is 54.5 cm³/mol. The summed E-state index contributed by atoms with van der Waals surface area (Å²) in [5, 5.41) is 7.18. The van der Waals surface area contributed by atoms with E-state index in [1.54, 1.807) is 0 Å². The Labute approximate surface area is 82.7 Å². The van der Waals surface area contributed by atoms with Gasteiger partial charge in [0.15, 0.2) is 0 Å². The standard InChI is InChI=1S/C9H13N3S/c1-4-6-10-8(5-2)9-7(3)11-12-13-9/h2,8,10H,4,6H2,1,3H3. The molecule has 1 aromatic heterocycles. The van der Waals surface area contributed by atoms with Crippen molar-refractivity contribution < 1.29 is 0 Å². The highest BCUT2D eigenvalue weighted by molar-refractivity contribution is 7.05. The van der Waals surface area contributed by atoms with E-state index in [4.69, 9.17) is 6.42 Å². The maximum absolute atomic E-state index is 5.41. The summed E-state index contributed by atoms with van der Waals surface area (Å²) in [6.07, 6.45) is 6.49. The topological polar surface area (TPSA) is 37.8 Å². The quantitative estimate of drug-likeness (QED) is 0.740. The zero-order valence-electron chi connectivity index (χ0n) is 7.87. The molecule has 70 valence electrons. The molecular weight excluding hydrogens is 182 g/mol. The smallest absolute Gasteiger partial charge is 0.107 e. The zero-order valence-corrected chi connectivity index (χ0v) is 8.69. The van der Waals surface area contributed by atoms with Gasteiger partial charge in [-0.1, -0.05) is 17.3 Å². The van der Waals surface area contributed by atoms with Crippen molar-refractivity contribution in [3.05, 3.63) is 10.6 Å². The van der Waals surface area contributed by atoms with E-state index in [1.807, 2.05) is 6.92 Å². The first-order valence-electron chi connectivity index (χ1n) is 4.28. The van der Waals surface area contributed by atoms with Gasteiger partial charge in [0.25, 0.3) is 0 Å². The Kier molecular flexibility index (Phi) is 3.87. The van der Waals surface area contributed by atoms with Crippen LogP contribution in [0.4, 0.5) is 0 Å². The first-order valence-corrected chi connectivity index (χ1v) is 5.05. The van der Waals surface area contributed by atoms with E-state index in [9.17, 15) is 0 Å². The maximum atomic E-state index is 5.41. The Morgan fingerprint density at radius 1 is 1.69 bits per heavy atom.